The number of benzene rings is 1. The maximum absolute atomic E-state index is 8.89. The number of fused-ring (bicyclic) bond motifs is 1. The molecule has 3 aromatic rings. The number of rotatable bonds is 4. The Morgan fingerprint density at radius 2 is 2.00 bits per heavy atom. The molecule has 21 heavy (non-hydrogen) atoms. The second-order valence-corrected chi connectivity index (χ2v) is 4.93. The molecule has 0 fully saturated rings. The monoisotopic (exact) mass is 276 g/mol. The van der Waals surface area contributed by atoms with Crippen LogP contribution in [0.4, 0.5) is 5.69 Å². The van der Waals surface area contributed by atoms with E-state index in [1.165, 1.54) is 5.56 Å². The summed E-state index contributed by atoms with van der Waals surface area (Å²) in [5.41, 5.74) is 4.25. The first-order valence-corrected chi connectivity index (χ1v) is 6.91. The number of aromatic nitrogens is 2. The molecule has 0 saturated carbocycles. The molecule has 0 aliphatic heterocycles. The number of imidazole rings is 1. The second-order valence-electron chi connectivity index (χ2n) is 4.93. The van der Waals surface area contributed by atoms with E-state index < -0.39 is 0 Å². The molecule has 0 unspecified atom stereocenters. The van der Waals surface area contributed by atoms with Crippen LogP contribution in [0.25, 0.3) is 5.52 Å². The lowest BCUT2D eigenvalue weighted by Gasteiger charge is -2.09. The average Bonchev–Trinajstić information content (AvgIpc) is 2.84. The van der Waals surface area contributed by atoms with Gasteiger partial charge in [0.2, 0.25) is 0 Å². The van der Waals surface area contributed by atoms with E-state index in [4.69, 9.17) is 5.26 Å². The van der Waals surface area contributed by atoms with Crippen molar-refractivity contribution >= 4 is 11.2 Å². The van der Waals surface area contributed by atoms with Crippen LogP contribution in [-0.4, -0.2) is 9.38 Å². The molecule has 2 heterocycles. The van der Waals surface area contributed by atoms with E-state index in [1.807, 2.05) is 47.9 Å². The first-order chi connectivity index (χ1) is 10.3. The molecule has 0 atom stereocenters. The van der Waals surface area contributed by atoms with Gasteiger partial charge in [-0.25, -0.2) is 4.98 Å². The number of hydrogen-bond acceptors (Lipinski definition) is 3. The summed E-state index contributed by atoms with van der Waals surface area (Å²) in [7, 11) is 0. The van der Waals surface area contributed by atoms with Gasteiger partial charge in [0.15, 0.2) is 0 Å². The van der Waals surface area contributed by atoms with Crippen LogP contribution in [-0.2, 0) is 13.0 Å². The van der Waals surface area contributed by atoms with Crippen LogP contribution in [0.3, 0.4) is 0 Å². The molecule has 0 aliphatic carbocycles. The number of hydrogen-bond donors (Lipinski definition) is 1. The van der Waals surface area contributed by atoms with Gasteiger partial charge < -0.3 is 9.72 Å². The van der Waals surface area contributed by atoms with E-state index >= 15 is 0 Å². The third-order valence-electron chi connectivity index (χ3n) is 3.47. The summed E-state index contributed by atoms with van der Waals surface area (Å²) >= 11 is 0. The molecule has 0 spiro atoms. The smallest absolute Gasteiger partial charge is 0.127 e. The van der Waals surface area contributed by atoms with Crippen LogP contribution < -0.4 is 5.32 Å². The number of nitrogens with one attached hydrogen (secondary N) is 1. The van der Waals surface area contributed by atoms with Gasteiger partial charge in [-0.1, -0.05) is 30.3 Å². The number of nitrogens with zero attached hydrogens (tertiary/aromatic N) is 3. The largest absolute Gasteiger partial charge is 0.379 e. The first kappa shape index (κ1) is 13.2. The van der Waals surface area contributed by atoms with Gasteiger partial charge in [0.1, 0.15) is 5.82 Å². The molecule has 3 rings (SSSR count). The highest BCUT2D eigenvalue weighted by Gasteiger charge is 2.11. The zero-order valence-corrected chi connectivity index (χ0v) is 11.9. The van der Waals surface area contributed by atoms with Gasteiger partial charge in [0, 0.05) is 12.7 Å². The van der Waals surface area contributed by atoms with Crippen molar-refractivity contribution in [2.75, 3.05) is 5.32 Å². The molecule has 1 aromatic carbocycles. The highest BCUT2D eigenvalue weighted by atomic mass is 15.0. The lowest BCUT2D eigenvalue weighted by molar-refractivity contribution is 0.981. The van der Waals surface area contributed by atoms with E-state index in [2.05, 4.69) is 28.5 Å². The molecule has 0 bridgehead atoms. The van der Waals surface area contributed by atoms with Crippen molar-refractivity contribution in [2.45, 2.75) is 19.9 Å². The number of pyridine rings is 1. The number of anilines is 1. The Morgan fingerprint density at radius 3 is 2.76 bits per heavy atom. The Balaban J connectivity index is 1.94. The Kier molecular flexibility index (Phi) is 3.57. The van der Waals surface area contributed by atoms with E-state index in [9.17, 15) is 0 Å². The zero-order valence-electron chi connectivity index (χ0n) is 11.9. The van der Waals surface area contributed by atoms with Crippen LogP contribution in [0.1, 0.15) is 17.1 Å². The van der Waals surface area contributed by atoms with Crippen molar-refractivity contribution in [2.24, 2.45) is 0 Å². The fraction of sp³-hybridized carbons (Fsp3) is 0.176. The normalized spacial score (nSPS) is 10.5. The summed E-state index contributed by atoms with van der Waals surface area (Å²) in [5, 5.41) is 12.3. The Morgan fingerprint density at radius 1 is 1.19 bits per heavy atom. The molecule has 4 heteroatoms. The topological polar surface area (TPSA) is 53.1 Å². The van der Waals surface area contributed by atoms with Gasteiger partial charge in [-0.05, 0) is 24.6 Å². The van der Waals surface area contributed by atoms with Crippen molar-refractivity contribution in [3.8, 4) is 6.07 Å². The standard InChI is InChI=1S/C17H16N4/c1-13-17-15(19-12-14-6-3-2-4-7-14)8-5-11-21(17)16(20-13)9-10-18/h2-8,11,19H,9,12H2,1H3. The van der Waals surface area contributed by atoms with Crippen LogP contribution in [0, 0.1) is 18.3 Å². The Labute approximate surface area is 123 Å². The molecular weight excluding hydrogens is 260 g/mol. The fourth-order valence-electron chi connectivity index (χ4n) is 2.52. The van der Waals surface area contributed by atoms with Crippen molar-refractivity contribution in [3.63, 3.8) is 0 Å². The minimum atomic E-state index is 0.317. The number of aryl methyl sites for hydroxylation is 1. The molecule has 0 aliphatic rings. The summed E-state index contributed by atoms with van der Waals surface area (Å²) in [4.78, 5) is 4.50. The highest BCUT2D eigenvalue weighted by Crippen LogP contribution is 2.22. The highest BCUT2D eigenvalue weighted by molar-refractivity contribution is 5.75. The maximum Gasteiger partial charge on any atom is 0.127 e. The minimum Gasteiger partial charge on any atom is -0.379 e. The fourth-order valence-corrected chi connectivity index (χ4v) is 2.52. The van der Waals surface area contributed by atoms with Crippen molar-refractivity contribution < 1.29 is 0 Å². The minimum absolute atomic E-state index is 0.317. The molecule has 0 amide bonds. The van der Waals surface area contributed by atoms with Crippen molar-refractivity contribution in [3.05, 3.63) is 65.7 Å². The van der Waals surface area contributed by atoms with Gasteiger partial charge in [-0.15, -0.1) is 0 Å². The van der Waals surface area contributed by atoms with E-state index in [0.29, 0.717) is 6.42 Å². The predicted octanol–water partition coefficient (Wildman–Crippen LogP) is 3.32. The second kappa shape index (κ2) is 5.68. The maximum atomic E-state index is 8.89. The third-order valence-corrected chi connectivity index (χ3v) is 3.47. The molecule has 1 N–H and O–H groups in total. The van der Waals surface area contributed by atoms with Gasteiger partial charge >= 0.3 is 0 Å². The molecule has 2 aromatic heterocycles. The van der Waals surface area contributed by atoms with Gasteiger partial charge in [-0.2, -0.15) is 5.26 Å². The lowest BCUT2D eigenvalue weighted by atomic mass is 10.2. The summed E-state index contributed by atoms with van der Waals surface area (Å²) in [6.45, 7) is 2.74. The SMILES string of the molecule is Cc1nc(CC#N)n2cccc(NCc3ccccc3)c12. The molecule has 0 saturated heterocycles. The van der Waals surface area contributed by atoms with Crippen molar-refractivity contribution in [1.82, 2.24) is 9.38 Å². The van der Waals surface area contributed by atoms with Gasteiger partial charge in [0.05, 0.1) is 29.4 Å². The lowest BCUT2D eigenvalue weighted by Crippen LogP contribution is -2.02. The summed E-state index contributed by atoms with van der Waals surface area (Å²) in [5.74, 6) is 0.786. The van der Waals surface area contributed by atoms with E-state index in [-0.39, 0.29) is 0 Å². The Hall–Kier alpha value is -2.80. The van der Waals surface area contributed by atoms with E-state index in [0.717, 1.165) is 29.3 Å². The van der Waals surface area contributed by atoms with Crippen LogP contribution in [0.5, 0.6) is 0 Å². The van der Waals surface area contributed by atoms with Gasteiger partial charge in [-0.3, -0.25) is 0 Å². The molecular formula is C17H16N4. The zero-order chi connectivity index (χ0) is 14.7. The summed E-state index contributed by atoms with van der Waals surface area (Å²) in [6, 6.07) is 16.5. The summed E-state index contributed by atoms with van der Waals surface area (Å²) in [6.07, 6.45) is 2.27. The van der Waals surface area contributed by atoms with Crippen molar-refractivity contribution in [1.29, 1.82) is 5.26 Å². The molecule has 4 nitrogen and oxygen atoms in total. The average molecular weight is 276 g/mol. The van der Waals surface area contributed by atoms with E-state index in [1.54, 1.807) is 0 Å². The van der Waals surface area contributed by atoms with Gasteiger partial charge in [0.25, 0.3) is 0 Å². The molecule has 0 radical (unpaired) electrons. The summed E-state index contributed by atoms with van der Waals surface area (Å²) < 4.78 is 1.99. The molecule has 104 valence electrons. The Bertz CT molecular complexity index is 797. The van der Waals surface area contributed by atoms with Crippen LogP contribution in [0.2, 0.25) is 0 Å². The number of nitriles is 1. The quantitative estimate of drug-likeness (QED) is 0.795. The van der Waals surface area contributed by atoms with Crippen LogP contribution >= 0.6 is 0 Å². The first-order valence-electron chi connectivity index (χ1n) is 6.91. The van der Waals surface area contributed by atoms with Crippen LogP contribution in [0.15, 0.2) is 48.7 Å². The third kappa shape index (κ3) is 2.59. The predicted molar refractivity (Wildman–Crippen MR) is 83.0 cm³/mol.